The van der Waals surface area contributed by atoms with E-state index < -0.39 is 0 Å². The Balaban J connectivity index is 1.57. The summed E-state index contributed by atoms with van der Waals surface area (Å²) in [5.41, 5.74) is 5.18. The van der Waals surface area contributed by atoms with Crippen molar-refractivity contribution in [1.82, 2.24) is 0 Å². The first-order valence-electron chi connectivity index (χ1n) is 10.3. The van der Waals surface area contributed by atoms with Crippen molar-refractivity contribution < 1.29 is 4.92 Å². The van der Waals surface area contributed by atoms with Gasteiger partial charge in [0.2, 0.25) is 0 Å². The van der Waals surface area contributed by atoms with Crippen molar-refractivity contribution >= 4 is 23.0 Å². The lowest BCUT2D eigenvalue weighted by molar-refractivity contribution is -0.384. The summed E-state index contributed by atoms with van der Waals surface area (Å²) in [6.45, 7) is 0.982. The first-order chi connectivity index (χ1) is 14.1. The molecule has 2 aromatic carbocycles. The Labute approximate surface area is 174 Å². The number of nitrogens with zero attached hydrogens (tertiary/aromatic N) is 2. The van der Waals surface area contributed by atoms with Crippen molar-refractivity contribution in [1.29, 1.82) is 0 Å². The summed E-state index contributed by atoms with van der Waals surface area (Å²) in [7, 11) is 0. The minimum Gasteiger partial charge on any atom is -0.363 e. The third-order valence-electron chi connectivity index (χ3n) is 7.24. The van der Waals surface area contributed by atoms with E-state index in [9.17, 15) is 10.1 Å². The average Bonchev–Trinajstić information content (AvgIpc) is 3.37. The Morgan fingerprint density at radius 1 is 1.03 bits per heavy atom. The van der Waals surface area contributed by atoms with E-state index in [0.29, 0.717) is 23.7 Å². The second-order valence-electron chi connectivity index (χ2n) is 8.69. The number of halogens is 1. The van der Waals surface area contributed by atoms with E-state index in [0.717, 1.165) is 30.0 Å². The van der Waals surface area contributed by atoms with Gasteiger partial charge in [0.15, 0.2) is 0 Å². The highest BCUT2D eigenvalue weighted by molar-refractivity contribution is 6.30. The third-order valence-corrected chi connectivity index (χ3v) is 7.46. The minimum atomic E-state index is -0.289. The molecule has 4 nitrogen and oxygen atoms in total. The molecule has 0 saturated heterocycles. The standard InChI is InChI=1S/C24H21ClN2O2/c25-16-11-21-18-7-2-5-15(18)13-26-23(14-4-1-6-17(10-14)27(28)29)20-9-3-8-19(20)22(12-16)24(21)26/h1-4,6-8,10-12,15,18-20,23H,5,9,13H2/t15-,18+,19+,20-,23+/m1/s1. The van der Waals surface area contributed by atoms with Crippen LogP contribution >= 0.6 is 11.6 Å². The summed E-state index contributed by atoms with van der Waals surface area (Å²) in [6.07, 6.45) is 11.3. The quantitative estimate of drug-likeness (QED) is 0.343. The molecule has 4 aliphatic rings. The lowest BCUT2D eigenvalue weighted by Crippen LogP contribution is -2.46. The zero-order valence-corrected chi connectivity index (χ0v) is 16.6. The number of hydrogen-bond acceptors (Lipinski definition) is 3. The Morgan fingerprint density at radius 2 is 1.79 bits per heavy atom. The highest BCUT2D eigenvalue weighted by Gasteiger charge is 2.47. The van der Waals surface area contributed by atoms with Gasteiger partial charge in [0.1, 0.15) is 0 Å². The molecule has 5 heteroatoms. The summed E-state index contributed by atoms with van der Waals surface area (Å²) in [5, 5.41) is 12.2. The topological polar surface area (TPSA) is 46.4 Å². The first kappa shape index (κ1) is 17.3. The molecule has 0 aromatic heterocycles. The second kappa shape index (κ2) is 6.20. The summed E-state index contributed by atoms with van der Waals surface area (Å²) in [4.78, 5) is 13.7. The molecule has 146 valence electrons. The number of anilines is 1. The van der Waals surface area contributed by atoms with Gasteiger partial charge in [0, 0.05) is 41.2 Å². The third kappa shape index (κ3) is 2.45. The molecule has 2 aliphatic heterocycles. The molecule has 0 radical (unpaired) electrons. The highest BCUT2D eigenvalue weighted by Crippen LogP contribution is 2.59. The van der Waals surface area contributed by atoms with Crippen molar-refractivity contribution in [2.24, 2.45) is 11.8 Å². The molecule has 0 unspecified atom stereocenters. The maximum absolute atomic E-state index is 11.4. The minimum absolute atomic E-state index is 0.142. The zero-order chi connectivity index (χ0) is 19.7. The molecule has 2 aromatic rings. The van der Waals surface area contributed by atoms with Crippen LogP contribution in [0.25, 0.3) is 0 Å². The Kier molecular flexibility index (Phi) is 3.70. The Hall–Kier alpha value is -2.59. The van der Waals surface area contributed by atoms with Gasteiger partial charge in [-0.2, -0.15) is 0 Å². The van der Waals surface area contributed by atoms with Gasteiger partial charge in [-0.1, -0.05) is 48.0 Å². The van der Waals surface area contributed by atoms with Crippen LogP contribution in [0, 0.1) is 22.0 Å². The predicted molar refractivity (Wildman–Crippen MR) is 115 cm³/mol. The molecular weight excluding hydrogens is 384 g/mol. The van der Waals surface area contributed by atoms with Gasteiger partial charge >= 0.3 is 0 Å². The maximum atomic E-state index is 11.4. The van der Waals surface area contributed by atoms with Crippen LogP contribution in [0.2, 0.25) is 5.02 Å². The first-order valence-corrected chi connectivity index (χ1v) is 10.7. The van der Waals surface area contributed by atoms with Crippen LogP contribution in [0.15, 0.2) is 60.7 Å². The van der Waals surface area contributed by atoms with Crippen LogP contribution in [-0.2, 0) is 0 Å². The molecule has 0 N–H and O–H groups in total. The van der Waals surface area contributed by atoms with Crippen LogP contribution in [0.5, 0.6) is 0 Å². The fourth-order valence-electron chi connectivity index (χ4n) is 6.14. The lowest BCUT2D eigenvalue weighted by atomic mass is 9.70. The van der Waals surface area contributed by atoms with E-state index in [-0.39, 0.29) is 16.7 Å². The predicted octanol–water partition coefficient (Wildman–Crippen LogP) is 6.14. The number of fused-ring (bicyclic) bond motifs is 4. The smallest absolute Gasteiger partial charge is 0.269 e. The molecule has 0 bridgehead atoms. The lowest BCUT2D eigenvalue weighted by Gasteiger charge is -2.51. The van der Waals surface area contributed by atoms with E-state index in [1.54, 1.807) is 12.1 Å². The molecule has 5 atom stereocenters. The highest BCUT2D eigenvalue weighted by atomic mass is 35.5. The molecule has 6 rings (SSSR count). The number of hydrogen-bond donors (Lipinski definition) is 0. The molecule has 0 amide bonds. The van der Waals surface area contributed by atoms with Crippen molar-refractivity contribution in [2.45, 2.75) is 30.7 Å². The fraction of sp³-hybridized carbons (Fsp3) is 0.333. The van der Waals surface area contributed by atoms with Gasteiger partial charge in [-0.05, 0) is 53.5 Å². The van der Waals surface area contributed by atoms with Gasteiger partial charge in [-0.3, -0.25) is 10.1 Å². The van der Waals surface area contributed by atoms with E-state index >= 15 is 0 Å². The van der Waals surface area contributed by atoms with Crippen LogP contribution in [-0.4, -0.2) is 11.5 Å². The van der Waals surface area contributed by atoms with Crippen LogP contribution in [0.1, 0.15) is 47.4 Å². The van der Waals surface area contributed by atoms with E-state index in [1.807, 2.05) is 6.07 Å². The van der Waals surface area contributed by atoms with Gasteiger partial charge in [-0.25, -0.2) is 0 Å². The van der Waals surface area contributed by atoms with Gasteiger partial charge in [0.05, 0.1) is 11.0 Å². The SMILES string of the molecule is O=[N+]([O-])c1cccc([C@H]2[C@@H]3CC=C[C@@H]3c3cc(Cl)cc4c3N2C[C@H]2CC=C[C@H]42)c1. The molecule has 0 fully saturated rings. The molecule has 29 heavy (non-hydrogen) atoms. The van der Waals surface area contributed by atoms with Crippen LogP contribution in [0.3, 0.4) is 0 Å². The summed E-state index contributed by atoms with van der Waals surface area (Å²) < 4.78 is 0. The van der Waals surface area contributed by atoms with Crippen LogP contribution < -0.4 is 4.90 Å². The van der Waals surface area contributed by atoms with Gasteiger partial charge in [0.25, 0.3) is 5.69 Å². The van der Waals surface area contributed by atoms with E-state index in [1.165, 1.54) is 16.8 Å². The molecule has 0 spiro atoms. The second-order valence-corrected chi connectivity index (χ2v) is 9.12. The summed E-state index contributed by atoms with van der Waals surface area (Å²) >= 11 is 6.58. The van der Waals surface area contributed by atoms with Gasteiger partial charge in [-0.15, -0.1) is 0 Å². The van der Waals surface area contributed by atoms with Crippen LogP contribution in [0.4, 0.5) is 11.4 Å². The Morgan fingerprint density at radius 3 is 2.62 bits per heavy atom. The number of benzene rings is 2. The van der Waals surface area contributed by atoms with Crippen molar-refractivity contribution in [2.75, 3.05) is 11.4 Å². The summed E-state index contributed by atoms with van der Waals surface area (Å²) in [5.74, 6) is 1.65. The molecule has 0 saturated carbocycles. The summed E-state index contributed by atoms with van der Waals surface area (Å²) in [6, 6.07) is 11.7. The average molecular weight is 405 g/mol. The largest absolute Gasteiger partial charge is 0.363 e. The number of nitro groups is 1. The number of nitro benzene ring substituents is 1. The number of allylic oxidation sites excluding steroid dienone is 4. The maximum Gasteiger partial charge on any atom is 0.269 e. The fourth-order valence-corrected chi connectivity index (χ4v) is 6.37. The number of rotatable bonds is 2. The Bertz CT molecular complexity index is 1080. The zero-order valence-electron chi connectivity index (χ0n) is 15.9. The van der Waals surface area contributed by atoms with Crippen molar-refractivity contribution in [3.8, 4) is 0 Å². The monoisotopic (exact) mass is 404 g/mol. The van der Waals surface area contributed by atoms with Crippen molar-refractivity contribution in [3.63, 3.8) is 0 Å². The molecular formula is C24H21ClN2O2. The van der Waals surface area contributed by atoms with Gasteiger partial charge < -0.3 is 4.90 Å². The molecule has 2 aliphatic carbocycles. The van der Waals surface area contributed by atoms with E-state index in [2.05, 4.69) is 47.4 Å². The normalized spacial score (nSPS) is 30.8. The van der Waals surface area contributed by atoms with Crippen molar-refractivity contribution in [3.05, 3.63) is 92.5 Å². The number of non-ortho nitro benzene ring substituents is 1. The van der Waals surface area contributed by atoms with E-state index in [4.69, 9.17) is 11.6 Å². The molecule has 2 heterocycles.